The average molecular weight is 399 g/mol. The van der Waals surface area contributed by atoms with Crippen molar-refractivity contribution in [3.05, 3.63) is 35.4 Å². The molecule has 2 heterocycles. The van der Waals surface area contributed by atoms with Crippen molar-refractivity contribution in [2.45, 2.75) is 26.2 Å². The maximum absolute atomic E-state index is 13.3. The van der Waals surface area contributed by atoms with Gasteiger partial charge in [0.1, 0.15) is 12.4 Å². The number of nitrogens with zero attached hydrogens (tertiary/aromatic N) is 2. The Morgan fingerprint density at radius 2 is 2.03 bits per heavy atom. The Kier molecular flexibility index (Phi) is 6.19. The summed E-state index contributed by atoms with van der Waals surface area (Å²) in [6.45, 7) is 6.92. The summed E-state index contributed by atoms with van der Waals surface area (Å²) in [5.74, 6) is 0.854. The fourth-order valence-corrected chi connectivity index (χ4v) is 4.26. The van der Waals surface area contributed by atoms with Crippen LogP contribution < -0.4 is 4.74 Å². The van der Waals surface area contributed by atoms with Crippen LogP contribution in [-0.4, -0.2) is 67.6 Å². The van der Waals surface area contributed by atoms with Gasteiger partial charge in [0.2, 0.25) is 0 Å². The molecule has 1 saturated heterocycles. The molecule has 2 fully saturated rings. The molecule has 1 saturated carbocycles. The fourth-order valence-electron chi connectivity index (χ4n) is 4.26. The SMILES string of the molecule is CCOC(=O)[C@@H]1C[C@@H]1CN(CCN1CCCC1)C(=O)C1=Cc2ccccc2OC1. The number of hydrogen-bond acceptors (Lipinski definition) is 5. The lowest BCUT2D eigenvalue weighted by atomic mass is 10.1. The highest BCUT2D eigenvalue weighted by atomic mass is 16.5. The molecule has 2 atom stereocenters. The number of benzene rings is 1. The van der Waals surface area contributed by atoms with Gasteiger partial charge in [0.25, 0.3) is 5.91 Å². The summed E-state index contributed by atoms with van der Waals surface area (Å²) in [6.07, 6.45) is 5.22. The normalized spacial score (nSPS) is 23.0. The second kappa shape index (κ2) is 8.99. The number of ether oxygens (including phenoxy) is 2. The Balaban J connectivity index is 1.43. The van der Waals surface area contributed by atoms with Crippen LogP contribution in [0.2, 0.25) is 0 Å². The number of rotatable bonds is 8. The van der Waals surface area contributed by atoms with Crippen molar-refractivity contribution >= 4 is 18.0 Å². The molecule has 1 aliphatic carbocycles. The molecule has 0 spiro atoms. The van der Waals surface area contributed by atoms with E-state index in [9.17, 15) is 9.59 Å². The first-order valence-corrected chi connectivity index (χ1v) is 10.8. The third kappa shape index (κ3) is 4.81. The minimum atomic E-state index is -0.126. The molecule has 0 N–H and O–H groups in total. The molecule has 1 aromatic rings. The van der Waals surface area contributed by atoms with Crippen molar-refractivity contribution in [1.29, 1.82) is 0 Å². The zero-order valence-electron chi connectivity index (χ0n) is 17.1. The van der Waals surface area contributed by atoms with E-state index >= 15 is 0 Å². The summed E-state index contributed by atoms with van der Waals surface area (Å²) in [7, 11) is 0. The second-order valence-electron chi connectivity index (χ2n) is 8.15. The minimum Gasteiger partial charge on any atom is -0.488 e. The van der Waals surface area contributed by atoms with Crippen molar-refractivity contribution in [1.82, 2.24) is 9.80 Å². The second-order valence-corrected chi connectivity index (χ2v) is 8.15. The first kappa shape index (κ1) is 20.0. The summed E-state index contributed by atoms with van der Waals surface area (Å²) in [6, 6.07) is 7.77. The van der Waals surface area contributed by atoms with E-state index in [1.165, 1.54) is 12.8 Å². The zero-order chi connectivity index (χ0) is 20.2. The number of amides is 1. The monoisotopic (exact) mass is 398 g/mol. The van der Waals surface area contributed by atoms with E-state index in [4.69, 9.17) is 9.47 Å². The van der Waals surface area contributed by atoms with Crippen molar-refractivity contribution in [3.63, 3.8) is 0 Å². The summed E-state index contributed by atoms with van der Waals surface area (Å²) in [4.78, 5) is 29.7. The molecule has 0 unspecified atom stereocenters. The number of esters is 1. The molecule has 4 rings (SSSR count). The van der Waals surface area contributed by atoms with Crippen LogP contribution in [0.3, 0.4) is 0 Å². The number of para-hydroxylation sites is 1. The number of hydrogen-bond donors (Lipinski definition) is 0. The first-order chi connectivity index (χ1) is 14.2. The van der Waals surface area contributed by atoms with Crippen LogP contribution in [-0.2, 0) is 14.3 Å². The quantitative estimate of drug-likeness (QED) is 0.630. The third-order valence-corrected chi connectivity index (χ3v) is 6.05. The average Bonchev–Trinajstić information content (AvgIpc) is 3.32. The molecule has 29 heavy (non-hydrogen) atoms. The smallest absolute Gasteiger partial charge is 0.309 e. The number of carbonyl (C=O) groups is 2. The molecule has 1 amide bonds. The van der Waals surface area contributed by atoms with Gasteiger partial charge in [0.15, 0.2) is 0 Å². The molecular formula is C23H30N2O4. The van der Waals surface area contributed by atoms with Crippen LogP contribution in [0.1, 0.15) is 31.7 Å². The van der Waals surface area contributed by atoms with Crippen LogP contribution in [0.15, 0.2) is 29.8 Å². The highest BCUT2D eigenvalue weighted by molar-refractivity contribution is 5.99. The summed E-state index contributed by atoms with van der Waals surface area (Å²) in [5, 5.41) is 0. The van der Waals surface area contributed by atoms with E-state index in [-0.39, 0.29) is 23.7 Å². The maximum Gasteiger partial charge on any atom is 0.309 e. The van der Waals surface area contributed by atoms with Gasteiger partial charge in [0.05, 0.1) is 18.1 Å². The van der Waals surface area contributed by atoms with Crippen molar-refractivity contribution < 1.29 is 19.1 Å². The molecule has 2 aliphatic heterocycles. The highest BCUT2D eigenvalue weighted by Crippen LogP contribution is 2.40. The third-order valence-electron chi connectivity index (χ3n) is 6.05. The topological polar surface area (TPSA) is 59.1 Å². The first-order valence-electron chi connectivity index (χ1n) is 10.8. The van der Waals surface area contributed by atoms with E-state index in [1.54, 1.807) is 0 Å². The van der Waals surface area contributed by atoms with Gasteiger partial charge < -0.3 is 19.3 Å². The summed E-state index contributed by atoms with van der Waals surface area (Å²) >= 11 is 0. The molecule has 6 heteroatoms. The standard InChI is InChI=1S/C23H30N2O4/c1-2-28-23(27)20-14-18(20)15-25(12-11-24-9-5-6-10-24)22(26)19-13-17-7-3-4-8-21(17)29-16-19/h3-4,7-8,13,18,20H,2,5-6,9-12,14-16H2,1H3/t18-,20-/m1/s1. The lowest BCUT2D eigenvalue weighted by Crippen LogP contribution is -2.41. The fraction of sp³-hybridized carbons (Fsp3) is 0.565. The van der Waals surface area contributed by atoms with Gasteiger partial charge in [-0.1, -0.05) is 18.2 Å². The Labute approximate surface area is 172 Å². The van der Waals surface area contributed by atoms with Gasteiger partial charge in [-0.2, -0.15) is 0 Å². The van der Waals surface area contributed by atoms with Gasteiger partial charge in [-0.3, -0.25) is 9.59 Å². The molecule has 6 nitrogen and oxygen atoms in total. The molecule has 3 aliphatic rings. The van der Waals surface area contributed by atoms with Gasteiger partial charge in [-0.25, -0.2) is 0 Å². The highest BCUT2D eigenvalue weighted by Gasteiger charge is 2.45. The Hall–Kier alpha value is -2.34. The molecule has 0 aromatic heterocycles. The van der Waals surface area contributed by atoms with Crippen LogP contribution in [0.5, 0.6) is 5.75 Å². The van der Waals surface area contributed by atoms with Crippen molar-refractivity contribution in [2.24, 2.45) is 11.8 Å². The summed E-state index contributed by atoms with van der Waals surface area (Å²) in [5.41, 5.74) is 1.62. The van der Waals surface area contributed by atoms with E-state index in [2.05, 4.69) is 4.90 Å². The van der Waals surface area contributed by atoms with Gasteiger partial charge >= 0.3 is 5.97 Å². The van der Waals surface area contributed by atoms with Crippen LogP contribution in [0, 0.1) is 11.8 Å². The Bertz CT molecular complexity index is 785. The van der Waals surface area contributed by atoms with Crippen LogP contribution in [0.25, 0.3) is 6.08 Å². The van der Waals surface area contributed by atoms with E-state index in [0.29, 0.717) is 31.9 Å². The van der Waals surface area contributed by atoms with Crippen molar-refractivity contribution in [3.8, 4) is 5.75 Å². The van der Waals surface area contributed by atoms with E-state index in [0.717, 1.165) is 37.4 Å². The number of fused-ring (bicyclic) bond motifs is 1. The maximum atomic E-state index is 13.3. The van der Waals surface area contributed by atoms with Crippen molar-refractivity contribution in [2.75, 3.05) is 45.9 Å². The largest absolute Gasteiger partial charge is 0.488 e. The van der Waals surface area contributed by atoms with Crippen LogP contribution >= 0.6 is 0 Å². The van der Waals surface area contributed by atoms with E-state index in [1.807, 2.05) is 42.2 Å². The molecule has 156 valence electrons. The van der Waals surface area contributed by atoms with Crippen LogP contribution in [0.4, 0.5) is 0 Å². The van der Waals surface area contributed by atoms with Gasteiger partial charge in [-0.15, -0.1) is 0 Å². The Morgan fingerprint density at radius 3 is 2.83 bits per heavy atom. The van der Waals surface area contributed by atoms with Gasteiger partial charge in [-0.05, 0) is 57.3 Å². The van der Waals surface area contributed by atoms with Gasteiger partial charge in [0, 0.05) is 25.2 Å². The lowest BCUT2D eigenvalue weighted by Gasteiger charge is -2.28. The molecule has 0 radical (unpaired) electrons. The molecular weight excluding hydrogens is 368 g/mol. The Morgan fingerprint density at radius 1 is 1.24 bits per heavy atom. The number of likely N-dealkylation sites (tertiary alicyclic amines) is 1. The minimum absolute atomic E-state index is 0.0215. The zero-order valence-corrected chi connectivity index (χ0v) is 17.1. The number of carbonyl (C=O) groups excluding carboxylic acids is 2. The molecule has 0 bridgehead atoms. The predicted molar refractivity (Wildman–Crippen MR) is 110 cm³/mol. The molecule has 1 aromatic carbocycles. The van der Waals surface area contributed by atoms with E-state index < -0.39 is 0 Å². The lowest BCUT2D eigenvalue weighted by molar-refractivity contribution is -0.145. The summed E-state index contributed by atoms with van der Waals surface area (Å²) < 4.78 is 10.9. The predicted octanol–water partition coefficient (Wildman–Crippen LogP) is 2.59.